The van der Waals surface area contributed by atoms with Crippen LogP contribution in [0.1, 0.15) is 6.42 Å². The Bertz CT molecular complexity index is 247. The molecule has 0 aliphatic carbocycles. The molecule has 1 amide bonds. The minimum Gasteiger partial charge on any atom is -0.355 e. The van der Waals surface area contributed by atoms with Crippen LogP contribution in [0, 0.1) is 5.92 Å². The third-order valence-electron chi connectivity index (χ3n) is 3.69. The number of hydrogen-bond acceptors (Lipinski definition) is 4. The molecule has 0 unspecified atom stereocenters. The highest BCUT2D eigenvalue weighted by atomic mass is 16.1. The number of likely N-dealkylation sites (N-methyl/N-ethyl adjacent to an activating group) is 1. The van der Waals surface area contributed by atoms with Gasteiger partial charge in [0.2, 0.25) is 5.91 Å². The molecule has 0 saturated carbocycles. The van der Waals surface area contributed by atoms with Gasteiger partial charge in [0, 0.05) is 45.7 Å². The Morgan fingerprint density at radius 2 is 2.00 bits per heavy atom. The topological polar surface area (TPSA) is 47.6 Å². The van der Waals surface area contributed by atoms with Crippen molar-refractivity contribution < 1.29 is 4.79 Å². The van der Waals surface area contributed by atoms with Crippen LogP contribution >= 0.6 is 0 Å². The first-order chi connectivity index (χ1) is 8.24. The van der Waals surface area contributed by atoms with E-state index >= 15 is 0 Å². The van der Waals surface area contributed by atoms with E-state index in [1.807, 2.05) is 0 Å². The molecule has 2 fully saturated rings. The van der Waals surface area contributed by atoms with Crippen LogP contribution in [0.3, 0.4) is 0 Å². The third-order valence-corrected chi connectivity index (χ3v) is 3.69. The first-order valence-corrected chi connectivity index (χ1v) is 6.62. The molecule has 5 nitrogen and oxygen atoms in total. The van der Waals surface area contributed by atoms with Crippen molar-refractivity contribution in [3.8, 4) is 0 Å². The zero-order valence-corrected chi connectivity index (χ0v) is 10.7. The zero-order valence-electron chi connectivity index (χ0n) is 10.7. The molecular weight excluding hydrogens is 216 g/mol. The van der Waals surface area contributed by atoms with Crippen LogP contribution in [0.4, 0.5) is 0 Å². The van der Waals surface area contributed by atoms with Gasteiger partial charge in [-0.3, -0.25) is 9.69 Å². The van der Waals surface area contributed by atoms with E-state index < -0.39 is 0 Å². The molecule has 0 radical (unpaired) electrons. The number of carbonyl (C=O) groups excluding carboxylic acids is 1. The van der Waals surface area contributed by atoms with Crippen molar-refractivity contribution in [3.05, 3.63) is 0 Å². The van der Waals surface area contributed by atoms with E-state index in [4.69, 9.17) is 0 Å². The van der Waals surface area contributed by atoms with Gasteiger partial charge >= 0.3 is 0 Å². The molecule has 0 bridgehead atoms. The fraction of sp³-hybridized carbons (Fsp3) is 0.917. The Hall–Kier alpha value is -0.650. The molecule has 2 heterocycles. The number of piperazine rings is 1. The van der Waals surface area contributed by atoms with E-state index in [2.05, 4.69) is 27.5 Å². The smallest absolute Gasteiger partial charge is 0.220 e. The lowest BCUT2D eigenvalue weighted by Crippen LogP contribution is -2.48. The van der Waals surface area contributed by atoms with Crippen molar-refractivity contribution in [2.45, 2.75) is 6.42 Å². The second-order valence-corrected chi connectivity index (χ2v) is 5.22. The molecule has 2 saturated heterocycles. The van der Waals surface area contributed by atoms with Crippen LogP contribution < -0.4 is 10.6 Å². The van der Waals surface area contributed by atoms with Crippen LogP contribution in [0.15, 0.2) is 0 Å². The average molecular weight is 240 g/mol. The Labute approximate surface area is 104 Å². The zero-order chi connectivity index (χ0) is 12.1. The lowest BCUT2D eigenvalue weighted by molar-refractivity contribution is -0.122. The molecular formula is C12H24N4O. The summed E-state index contributed by atoms with van der Waals surface area (Å²) in [5.41, 5.74) is 0. The van der Waals surface area contributed by atoms with E-state index in [0.717, 1.165) is 52.4 Å². The summed E-state index contributed by atoms with van der Waals surface area (Å²) in [6.45, 7) is 8.32. The maximum absolute atomic E-state index is 11.6. The highest BCUT2D eigenvalue weighted by Gasteiger charge is 2.20. The van der Waals surface area contributed by atoms with Crippen molar-refractivity contribution in [2.24, 2.45) is 5.92 Å². The number of rotatable bonds is 5. The van der Waals surface area contributed by atoms with Gasteiger partial charge < -0.3 is 15.5 Å². The lowest BCUT2D eigenvalue weighted by atomic mass is 9.99. The summed E-state index contributed by atoms with van der Waals surface area (Å²) in [5, 5.41) is 6.20. The van der Waals surface area contributed by atoms with Crippen LogP contribution in [-0.4, -0.2) is 75.1 Å². The quantitative estimate of drug-likeness (QED) is 0.644. The number of carbonyl (C=O) groups is 1. The number of nitrogens with zero attached hydrogens (tertiary/aromatic N) is 2. The molecule has 2 aliphatic heterocycles. The summed E-state index contributed by atoms with van der Waals surface area (Å²) in [5.74, 6) is 0.782. The summed E-state index contributed by atoms with van der Waals surface area (Å²) < 4.78 is 0. The van der Waals surface area contributed by atoms with Crippen molar-refractivity contribution in [3.63, 3.8) is 0 Å². The van der Waals surface area contributed by atoms with Crippen LogP contribution in [0.5, 0.6) is 0 Å². The minimum absolute atomic E-state index is 0.214. The van der Waals surface area contributed by atoms with Crippen LogP contribution in [0.2, 0.25) is 0 Å². The molecule has 2 aliphatic rings. The molecule has 0 aromatic heterocycles. The van der Waals surface area contributed by atoms with Gasteiger partial charge in [-0.05, 0) is 26.1 Å². The molecule has 0 spiro atoms. The van der Waals surface area contributed by atoms with Crippen molar-refractivity contribution in [1.82, 2.24) is 20.4 Å². The van der Waals surface area contributed by atoms with Gasteiger partial charge in [0.05, 0.1) is 0 Å². The largest absolute Gasteiger partial charge is 0.355 e. The monoisotopic (exact) mass is 240 g/mol. The van der Waals surface area contributed by atoms with Crippen molar-refractivity contribution >= 4 is 5.91 Å². The molecule has 5 heteroatoms. The maximum atomic E-state index is 11.6. The Morgan fingerprint density at radius 3 is 2.59 bits per heavy atom. The SMILES string of the molecule is CN1CCN(CCNC(=O)CC2CNC2)CC1. The van der Waals surface area contributed by atoms with Gasteiger partial charge in [-0.2, -0.15) is 0 Å². The third kappa shape index (κ3) is 4.26. The molecule has 0 atom stereocenters. The fourth-order valence-corrected chi connectivity index (χ4v) is 2.25. The van der Waals surface area contributed by atoms with Crippen LogP contribution in [0.25, 0.3) is 0 Å². The molecule has 17 heavy (non-hydrogen) atoms. The summed E-state index contributed by atoms with van der Waals surface area (Å²) in [6, 6.07) is 0. The second-order valence-electron chi connectivity index (χ2n) is 5.22. The minimum atomic E-state index is 0.214. The normalized spacial score (nSPS) is 23.4. The van der Waals surface area contributed by atoms with Crippen molar-refractivity contribution in [2.75, 3.05) is 59.4 Å². The second kappa shape index (κ2) is 6.33. The lowest BCUT2D eigenvalue weighted by Gasteiger charge is -2.32. The number of amides is 1. The van der Waals surface area contributed by atoms with Crippen molar-refractivity contribution in [1.29, 1.82) is 0 Å². The number of hydrogen-bond donors (Lipinski definition) is 2. The standard InChI is InChI=1S/C12H24N4O/c1-15-4-6-16(7-5-15)3-2-14-12(17)8-11-9-13-10-11/h11,13H,2-10H2,1H3,(H,14,17). The molecule has 0 aromatic rings. The van der Waals surface area contributed by atoms with Crippen LogP contribution in [-0.2, 0) is 4.79 Å². The van der Waals surface area contributed by atoms with Gasteiger partial charge in [-0.15, -0.1) is 0 Å². The highest BCUT2D eigenvalue weighted by Crippen LogP contribution is 2.07. The first kappa shape index (κ1) is 12.8. The predicted molar refractivity (Wildman–Crippen MR) is 67.9 cm³/mol. The van der Waals surface area contributed by atoms with E-state index in [1.54, 1.807) is 0 Å². The van der Waals surface area contributed by atoms with E-state index in [9.17, 15) is 4.79 Å². The maximum Gasteiger partial charge on any atom is 0.220 e. The fourth-order valence-electron chi connectivity index (χ4n) is 2.25. The highest BCUT2D eigenvalue weighted by molar-refractivity contribution is 5.76. The van der Waals surface area contributed by atoms with E-state index in [-0.39, 0.29) is 5.91 Å². The Balaban J connectivity index is 1.51. The molecule has 2 N–H and O–H groups in total. The average Bonchev–Trinajstić information content (AvgIpc) is 2.26. The molecule has 0 aromatic carbocycles. The van der Waals surface area contributed by atoms with Gasteiger partial charge in [0.25, 0.3) is 0 Å². The van der Waals surface area contributed by atoms with E-state index in [1.165, 1.54) is 0 Å². The summed E-state index contributed by atoms with van der Waals surface area (Å²) in [4.78, 5) is 16.3. The van der Waals surface area contributed by atoms with Gasteiger partial charge in [-0.25, -0.2) is 0 Å². The van der Waals surface area contributed by atoms with Gasteiger partial charge in [0.15, 0.2) is 0 Å². The van der Waals surface area contributed by atoms with E-state index in [0.29, 0.717) is 12.3 Å². The van der Waals surface area contributed by atoms with Gasteiger partial charge in [0.1, 0.15) is 0 Å². The number of nitrogens with one attached hydrogen (secondary N) is 2. The molecule has 2 rings (SSSR count). The predicted octanol–water partition coefficient (Wildman–Crippen LogP) is -1.04. The first-order valence-electron chi connectivity index (χ1n) is 6.62. The Kier molecular flexibility index (Phi) is 4.76. The van der Waals surface area contributed by atoms with Gasteiger partial charge in [-0.1, -0.05) is 0 Å². The summed E-state index contributed by atoms with van der Waals surface area (Å²) in [6.07, 6.45) is 0.690. The summed E-state index contributed by atoms with van der Waals surface area (Å²) in [7, 11) is 2.16. The molecule has 98 valence electrons. The Morgan fingerprint density at radius 1 is 1.29 bits per heavy atom. The summed E-state index contributed by atoms with van der Waals surface area (Å²) >= 11 is 0.